The first-order chi connectivity index (χ1) is 19.8. The van der Waals surface area contributed by atoms with Crippen molar-refractivity contribution in [3.05, 3.63) is 62.3 Å². The van der Waals surface area contributed by atoms with Gasteiger partial charge in [-0.1, -0.05) is 16.9 Å². The van der Waals surface area contributed by atoms with E-state index in [4.69, 9.17) is 15.6 Å². The zero-order valence-corrected chi connectivity index (χ0v) is 24.9. The number of oxime groups is 1. The second-order valence-electron chi connectivity index (χ2n) is 9.30. The third-order valence-corrected chi connectivity index (χ3v) is 11.0. The first-order valence-corrected chi connectivity index (χ1v) is 16.1. The maximum Gasteiger partial charge on any atom is 0.353 e. The van der Waals surface area contributed by atoms with Crippen molar-refractivity contribution in [2.24, 2.45) is 5.16 Å². The number of carboxylic acids is 1. The molecule has 16 heteroatoms. The van der Waals surface area contributed by atoms with Crippen molar-refractivity contribution in [3.8, 4) is 0 Å². The lowest BCUT2D eigenvalue weighted by Gasteiger charge is -2.49. The minimum atomic E-state index is -1.21. The smallest absolute Gasteiger partial charge is 0.353 e. The van der Waals surface area contributed by atoms with E-state index in [1.807, 2.05) is 5.38 Å². The molecule has 2 atom stereocenters. The first kappa shape index (κ1) is 27.7. The molecule has 6 rings (SSSR count). The normalized spacial score (nSPS) is 20.0. The van der Waals surface area contributed by atoms with Crippen LogP contribution in [0, 0.1) is 0 Å². The van der Waals surface area contributed by atoms with Crippen LogP contribution >= 0.6 is 46.2 Å². The number of anilines is 1. The summed E-state index contributed by atoms with van der Waals surface area (Å²) in [5, 5.41) is 19.7. The molecule has 0 radical (unpaired) electrons. The number of aryl methyl sites for hydroxylation is 1. The fraction of sp³-hybridized carbons (Fsp3) is 0.320. The highest BCUT2D eigenvalue weighted by atomic mass is 32.2. The minimum absolute atomic E-state index is 0.0840. The lowest BCUT2D eigenvalue weighted by atomic mass is 10.0. The Balaban J connectivity index is 1.16. The Bertz CT molecular complexity index is 1620. The SMILES string of the molecule is CO/N=C(\C(=O)N[C@@H]1C(=O)N2C(C(=O)O)=C(Sc3nc(C[n+]4cccc5c4CCC5)cs3)CS[C@H]12)c1csc(N)n1. The first-order valence-electron chi connectivity index (χ1n) is 12.5. The van der Waals surface area contributed by atoms with E-state index in [2.05, 4.69) is 38.4 Å². The number of nitrogen functional groups attached to an aromatic ring is 1. The fourth-order valence-electron chi connectivity index (χ4n) is 5.02. The standard InChI is InChI=1S/C25H23N7O5S4/c1-37-30-17(14-10-39-24(26)28-14)20(33)29-18-21(34)32-19(23(35)36)16(11-38-22(18)32)41-25-27-13(9-40-25)8-31-7-3-5-12-4-2-6-15(12)31/h3,5,7,9-10,18,22H,2,4,6,8,11H2,1H3,(H3-,26,28,29,33,35,36)/p+1/b30-17-/t18-,22-/m1/s1. The third kappa shape index (κ3) is 5.31. The van der Waals surface area contributed by atoms with Crippen molar-refractivity contribution >= 4 is 74.8 Å². The molecule has 1 aliphatic carbocycles. The number of hydrogen-bond donors (Lipinski definition) is 3. The van der Waals surface area contributed by atoms with E-state index in [9.17, 15) is 19.5 Å². The van der Waals surface area contributed by atoms with Gasteiger partial charge >= 0.3 is 5.97 Å². The van der Waals surface area contributed by atoms with Gasteiger partial charge in [0.2, 0.25) is 0 Å². The molecular formula is C25H24N7O5S4+. The Hall–Kier alpha value is -3.47. The highest BCUT2D eigenvalue weighted by Crippen LogP contribution is 2.45. The summed E-state index contributed by atoms with van der Waals surface area (Å²) in [6, 6.07) is 3.31. The number of amides is 2. The van der Waals surface area contributed by atoms with Gasteiger partial charge in [0, 0.05) is 39.5 Å². The van der Waals surface area contributed by atoms with E-state index in [1.54, 1.807) is 5.38 Å². The van der Waals surface area contributed by atoms with Gasteiger partial charge in [0.05, 0.1) is 0 Å². The van der Waals surface area contributed by atoms with Crippen LogP contribution in [0.15, 0.2) is 49.2 Å². The molecule has 0 aromatic carbocycles. The largest absolute Gasteiger partial charge is 0.477 e. The lowest BCUT2D eigenvalue weighted by molar-refractivity contribution is -0.695. The third-order valence-electron chi connectivity index (χ3n) is 6.80. The Kier molecular flexibility index (Phi) is 7.72. The van der Waals surface area contributed by atoms with Crippen LogP contribution in [-0.2, 0) is 38.6 Å². The van der Waals surface area contributed by atoms with Crippen LogP contribution in [0.1, 0.15) is 29.1 Å². The van der Waals surface area contributed by atoms with Crippen LogP contribution in [0.25, 0.3) is 0 Å². The predicted octanol–water partition coefficient (Wildman–Crippen LogP) is 1.85. The number of fused-ring (bicyclic) bond motifs is 2. The Labute approximate surface area is 250 Å². The zero-order valence-electron chi connectivity index (χ0n) is 21.6. The topological polar surface area (TPSA) is 164 Å². The molecular weight excluding hydrogens is 607 g/mol. The maximum atomic E-state index is 13.1. The van der Waals surface area contributed by atoms with Gasteiger partial charge in [-0.2, -0.15) is 4.57 Å². The van der Waals surface area contributed by atoms with E-state index < -0.39 is 29.2 Å². The molecule has 3 aromatic heterocycles. The predicted molar refractivity (Wildman–Crippen MR) is 155 cm³/mol. The molecule has 212 valence electrons. The number of aromatic nitrogens is 3. The summed E-state index contributed by atoms with van der Waals surface area (Å²) in [6.45, 7) is 0.649. The molecule has 4 N–H and O–H groups in total. The summed E-state index contributed by atoms with van der Waals surface area (Å²) in [4.78, 5) is 53.8. The van der Waals surface area contributed by atoms with Gasteiger partial charge in [-0.15, -0.1) is 34.4 Å². The number of thiazole rings is 2. The van der Waals surface area contributed by atoms with Crippen molar-refractivity contribution in [3.63, 3.8) is 0 Å². The summed E-state index contributed by atoms with van der Waals surface area (Å²) >= 11 is 5.23. The number of rotatable bonds is 9. The average molecular weight is 631 g/mol. The van der Waals surface area contributed by atoms with Crippen LogP contribution in [0.5, 0.6) is 0 Å². The van der Waals surface area contributed by atoms with E-state index in [-0.39, 0.29) is 22.2 Å². The van der Waals surface area contributed by atoms with Crippen molar-refractivity contribution in [1.29, 1.82) is 0 Å². The van der Waals surface area contributed by atoms with Gasteiger partial charge in [-0.05, 0) is 18.9 Å². The number of thioether (sulfide) groups is 2. The molecule has 3 aromatic rings. The van der Waals surface area contributed by atoms with Crippen LogP contribution in [-0.4, -0.2) is 67.7 Å². The van der Waals surface area contributed by atoms with Gasteiger partial charge in [-0.25, -0.2) is 14.8 Å². The van der Waals surface area contributed by atoms with Crippen LogP contribution < -0.4 is 15.6 Å². The number of carbonyl (C=O) groups is 3. The second kappa shape index (κ2) is 11.4. The Morgan fingerprint density at radius 1 is 1.32 bits per heavy atom. The molecule has 0 spiro atoms. The van der Waals surface area contributed by atoms with E-state index in [1.165, 1.54) is 58.1 Å². The molecule has 41 heavy (non-hydrogen) atoms. The van der Waals surface area contributed by atoms with Crippen LogP contribution in [0.3, 0.4) is 0 Å². The number of carbonyl (C=O) groups excluding carboxylic acids is 2. The summed E-state index contributed by atoms with van der Waals surface area (Å²) < 4.78 is 2.94. The van der Waals surface area contributed by atoms with Gasteiger partial charge in [-0.3, -0.25) is 14.5 Å². The Morgan fingerprint density at radius 2 is 2.17 bits per heavy atom. The molecule has 0 unspecified atom stereocenters. The molecule has 0 saturated carbocycles. The molecule has 2 amide bonds. The molecule has 2 aliphatic heterocycles. The molecule has 1 saturated heterocycles. The van der Waals surface area contributed by atoms with E-state index >= 15 is 0 Å². The fourth-order valence-corrected chi connectivity index (χ4v) is 9.03. The molecule has 5 heterocycles. The van der Waals surface area contributed by atoms with Crippen molar-refractivity contribution in [1.82, 2.24) is 20.2 Å². The van der Waals surface area contributed by atoms with E-state index in [0.29, 0.717) is 21.5 Å². The number of β-lactam (4-membered cyclic amide) rings is 1. The van der Waals surface area contributed by atoms with Crippen molar-refractivity contribution < 1.29 is 28.9 Å². The number of pyridine rings is 1. The van der Waals surface area contributed by atoms with Gasteiger partial charge in [0.1, 0.15) is 35.6 Å². The quantitative estimate of drug-likeness (QED) is 0.138. The summed E-state index contributed by atoms with van der Waals surface area (Å²) in [6.07, 6.45) is 5.38. The van der Waals surface area contributed by atoms with Crippen molar-refractivity contribution in [2.75, 3.05) is 18.6 Å². The number of nitrogens with zero attached hydrogens (tertiary/aromatic N) is 5. The second-order valence-corrected chi connectivity index (χ2v) is 13.5. The zero-order chi connectivity index (χ0) is 28.7. The minimum Gasteiger partial charge on any atom is -0.477 e. The van der Waals surface area contributed by atoms with Crippen LogP contribution in [0.2, 0.25) is 0 Å². The van der Waals surface area contributed by atoms with Gasteiger partial charge in [0.15, 0.2) is 33.6 Å². The van der Waals surface area contributed by atoms with Gasteiger partial charge in [0.25, 0.3) is 11.8 Å². The number of hydrogen-bond acceptors (Lipinski definition) is 12. The monoisotopic (exact) mass is 630 g/mol. The molecule has 0 bridgehead atoms. The maximum absolute atomic E-state index is 13.1. The summed E-state index contributed by atoms with van der Waals surface area (Å²) in [7, 11) is 1.29. The summed E-state index contributed by atoms with van der Waals surface area (Å²) in [5.74, 6) is -2.04. The lowest BCUT2D eigenvalue weighted by Crippen LogP contribution is -2.71. The summed E-state index contributed by atoms with van der Waals surface area (Å²) in [5.41, 5.74) is 9.31. The number of carboxylic acid groups (broad SMARTS) is 1. The average Bonchev–Trinajstić information content (AvgIpc) is 3.71. The highest BCUT2D eigenvalue weighted by molar-refractivity contribution is 8.07. The number of nitrogens with two attached hydrogens (primary N) is 1. The molecule has 12 nitrogen and oxygen atoms in total. The molecule has 3 aliphatic rings. The molecule has 1 fully saturated rings. The highest BCUT2D eigenvalue weighted by Gasteiger charge is 2.54. The Morgan fingerprint density at radius 3 is 2.93 bits per heavy atom. The van der Waals surface area contributed by atoms with E-state index in [0.717, 1.165) is 36.3 Å². The van der Waals surface area contributed by atoms with Crippen LogP contribution in [0.4, 0.5) is 5.13 Å². The number of aliphatic carboxylic acids is 1. The van der Waals surface area contributed by atoms with Crippen molar-refractivity contribution in [2.45, 2.75) is 41.6 Å². The number of nitrogens with one attached hydrogen (secondary N) is 1. The van der Waals surface area contributed by atoms with Gasteiger partial charge < -0.3 is 21.0 Å².